The maximum absolute atomic E-state index is 13.1. The summed E-state index contributed by atoms with van der Waals surface area (Å²) < 4.78 is 14.4. The lowest BCUT2D eigenvalue weighted by molar-refractivity contribution is -0.160. The van der Waals surface area contributed by atoms with Crippen LogP contribution in [-0.2, 0) is 46.4 Å². The molecule has 192 valence electrons. The van der Waals surface area contributed by atoms with Crippen molar-refractivity contribution >= 4 is 29.7 Å². The zero-order valence-corrected chi connectivity index (χ0v) is 20.4. The molecule has 2 atom stereocenters. The molecule has 2 aromatic carbocycles. The van der Waals surface area contributed by atoms with E-state index in [0.717, 1.165) is 25.3 Å². The number of ether oxygens (including phenoxy) is 3. The van der Waals surface area contributed by atoms with Gasteiger partial charge in [0.15, 0.2) is 11.7 Å². The number of methoxy groups -OCH3 is 2. The Morgan fingerprint density at radius 3 is 1.83 bits per heavy atom. The SMILES string of the molecule is COC(=O)C(CC(=O)[C@H](Cc1ccccc1)NC(=O)[C@H](C)NC(=O)OCc1ccccc1)C(=O)OC. The van der Waals surface area contributed by atoms with Gasteiger partial charge in [0, 0.05) is 6.42 Å². The van der Waals surface area contributed by atoms with E-state index in [1.54, 1.807) is 42.5 Å². The Morgan fingerprint density at radius 1 is 0.778 bits per heavy atom. The van der Waals surface area contributed by atoms with E-state index in [1.165, 1.54) is 6.92 Å². The number of amides is 2. The molecule has 0 fully saturated rings. The summed E-state index contributed by atoms with van der Waals surface area (Å²) in [5.74, 6) is -4.53. The molecule has 0 unspecified atom stereocenters. The number of hydrogen-bond acceptors (Lipinski definition) is 8. The summed E-state index contributed by atoms with van der Waals surface area (Å²) >= 11 is 0. The molecule has 0 saturated heterocycles. The fraction of sp³-hybridized carbons (Fsp3) is 0.346. The highest BCUT2D eigenvalue weighted by Crippen LogP contribution is 2.13. The van der Waals surface area contributed by atoms with E-state index in [-0.39, 0.29) is 13.0 Å². The van der Waals surface area contributed by atoms with E-state index in [9.17, 15) is 24.0 Å². The van der Waals surface area contributed by atoms with Crippen molar-refractivity contribution < 1.29 is 38.2 Å². The van der Waals surface area contributed by atoms with Gasteiger partial charge in [-0.3, -0.25) is 19.2 Å². The summed E-state index contributed by atoms with van der Waals surface area (Å²) in [6, 6.07) is 15.8. The number of esters is 2. The summed E-state index contributed by atoms with van der Waals surface area (Å²) in [5, 5.41) is 5.02. The minimum absolute atomic E-state index is 0.0264. The third kappa shape index (κ3) is 8.86. The quantitative estimate of drug-likeness (QED) is 0.257. The standard InChI is InChI=1S/C26H30N2O8/c1-17(27-26(33)36-16-19-12-8-5-9-13-19)23(30)28-21(14-18-10-6-4-7-11-18)22(29)15-20(24(31)34-2)25(32)35-3/h4-13,17,20-21H,14-16H2,1-3H3,(H,27,33)(H,28,30)/t17-,21-/m0/s1. The molecule has 10 nitrogen and oxygen atoms in total. The van der Waals surface area contributed by atoms with E-state index in [4.69, 9.17) is 4.74 Å². The molecule has 2 rings (SSSR count). The largest absolute Gasteiger partial charge is 0.468 e. The van der Waals surface area contributed by atoms with Gasteiger partial charge >= 0.3 is 18.0 Å². The number of benzene rings is 2. The van der Waals surface area contributed by atoms with Gasteiger partial charge in [-0.2, -0.15) is 0 Å². The lowest BCUT2D eigenvalue weighted by atomic mass is 9.94. The lowest BCUT2D eigenvalue weighted by Crippen LogP contribution is -2.51. The molecule has 0 radical (unpaired) electrons. The van der Waals surface area contributed by atoms with Gasteiger partial charge in [0.25, 0.3) is 0 Å². The average molecular weight is 499 g/mol. The highest BCUT2D eigenvalue weighted by Gasteiger charge is 2.34. The van der Waals surface area contributed by atoms with Crippen LogP contribution in [0.15, 0.2) is 60.7 Å². The van der Waals surface area contributed by atoms with E-state index < -0.39 is 54.1 Å². The molecular weight excluding hydrogens is 468 g/mol. The predicted molar refractivity (Wildman–Crippen MR) is 128 cm³/mol. The topological polar surface area (TPSA) is 137 Å². The zero-order valence-electron chi connectivity index (χ0n) is 20.4. The van der Waals surface area contributed by atoms with Crippen LogP contribution in [0.2, 0.25) is 0 Å². The first-order valence-corrected chi connectivity index (χ1v) is 11.2. The molecule has 0 bridgehead atoms. The number of ketones is 1. The smallest absolute Gasteiger partial charge is 0.408 e. The monoisotopic (exact) mass is 498 g/mol. The van der Waals surface area contributed by atoms with Crippen LogP contribution in [0.25, 0.3) is 0 Å². The van der Waals surface area contributed by atoms with Crippen molar-refractivity contribution in [1.29, 1.82) is 0 Å². The van der Waals surface area contributed by atoms with E-state index >= 15 is 0 Å². The van der Waals surface area contributed by atoms with Crippen molar-refractivity contribution in [2.45, 2.75) is 38.5 Å². The molecule has 0 saturated carbocycles. The van der Waals surface area contributed by atoms with E-state index in [2.05, 4.69) is 20.1 Å². The number of alkyl carbamates (subject to hydrolysis) is 1. The highest BCUT2D eigenvalue weighted by atomic mass is 16.6. The van der Waals surface area contributed by atoms with Gasteiger partial charge in [-0.05, 0) is 24.5 Å². The minimum Gasteiger partial charge on any atom is -0.468 e. The van der Waals surface area contributed by atoms with Crippen LogP contribution in [0.4, 0.5) is 4.79 Å². The second kappa shape index (κ2) is 14.2. The number of rotatable bonds is 12. The van der Waals surface area contributed by atoms with Crippen molar-refractivity contribution in [3.05, 3.63) is 71.8 Å². The molecule has 0 aliphatic rings. The molecule has 0 aliphatic carbocycles. The third-order valence-electron chi connectivity index (χ3n) is 5.30. The van der Waals surface area contributed by atoms with E-state index in [0.29, 0.717) is 0 Å². The Balaban J connectivity index is 2.06. The fourth-order valence-electron chi connectivity index (χ4n) is 3.29. The van der Waals surface area contributed by atoms with E-state index in [1.807, 2.05) is 18.2 Å². The maximum atomic E-state index is 13.1. The Morgan fingerprint density at radius 2 is 1.31 bits per heavy atom. The normalized spacial score (nSPS) is 12.1. The molecule has 0 aliphatic heterocycles. The van der Waals surface area contributed by atoms with Crippen LogP contribution in [0.1, 0.15) is 24.5 Å². The van der Waals surface area contributed by atoms with Crippen molar-refractivity contribution in [2.75, 3.05) is 14.2 Å². The Labute approximate surface area is 209 Å². The third-order valence-corrected chi connectivity index (χ3v) is 5.30. The molecule has 0 heterocycles. The van der Waals surface area contributed by atoms with Crippen molar-refractivity contribution in [1.82, 2.24) is 10.6 Å². The number of Topliss-reactive ketones (excluding diaryl/α,β-unsaturated/α-hetero) is 1. The first kappa shape index (κ1) is 28.0. The number of nitrogens with one attached hydrogen (secondary N) is 2. The number of carbonyl (C=O) groups excluding carboxylic acids is 5. The molecule has 2 aromatic rings. The molecule has 0 spiro atoms. The Bertz CT molecular complexity index is 1030. The van der Waals surface area contributed by atoms with Crippen LogP contribution in [0, 0.1) is 5.92 Å². The first-order valence-electron chi connectivity index (χ1n) is 11.2. The Kier molecular flexibility index (Phi) is 11.1. The molecule has 10 heteroatoms. The van der Waals surface area contributed by atoms with Crippen LogP contribution in [-0.4, -0.2) is 56.0 Å². The molecular formula is C26H30N2O8. The summed E-state index contributed by atoms with van der Waals surface area (Å²) in [4.78, 5) is 62.1. The van der Waals surface area contributed by atoms with Gasteiger partial charge in [0.05, 0.1) is 20.3 Å². The highest BCUT2D eigenvalue weighted by molar-refractivity contribution is 6.01. The van der Waals surface area contributed by atoms with Gasteiger partial charge in [0.2, 0.25) is 5.91 Å². The van der Waals surface area contributed by atoms with Crippen LogP contribution >= 0.6 is 0 Å². The summed E-state index contributed by atoms with van der Waals surface area (Å²) in [7, 11) is 2.19. The maximum Gasteiger partial charge on any atom is 0.408 e. The first-order chi connectivity index (χ1) is 17.2. The van der Waals surface area contributed by atoms with Gasteiger partial charge < -0.3 is 24.8 Å². The van der Waals surface area contributed by atoms with Crippen LogP contribution < -0.4 is 10.6 Å². The van der Waals surface area contributed by atoms with Gasteiger partial charge in [0.1, 0.15) is 12.6 Å². The molecule has 2 amide bonds. The molecule has 36 heavy (non-hydrogen) atoms. The van der Waals surface area contributed by atoms with Gasteiger partial charge in [-0.25, -0.2) is 4.79 Å². The zero-order chi connectivity index (χ0) is 26.5. The number of hydrogen-bond donors (Lipinski definition) is 2. The fourth-order valence-corrected chi connectivity index (χ4v) is 3.29. The van der Waals surface area contributed by atoms with Gasteiger partial charge in [-0.1, -0.05) is 60.7 Å². The molecule has 2 N–H and O–H groups in total. The van der Waals surface area contributed by atoms with Crippen molar-refractivity contribution in [3.63, 3.8) is 0 Å². The van der Waals surface area contributed by atoms with Crippen LogP contribution in [0.5, 0.6) is 0 Å². The molecule has 0 aromatic heterocycles. The van der Waals surface area contributed by atoms with Gasteiger partial charge in [-0.15, -0.1) is 0 Å². The minimum atomic E-state index is -1.47. The summed E-state index contributed by atoms with van der Waals surface area (Å²) in [6.07, 6.45) is -1.23. The van der Waals surface area contributed by atoms with Crippen molar-refractivity contribution in [2.24, 2.45) is 5.92 Å². The van der Waals surface area contributed by atoms with Crippen molar-refractivity contribution in [3.8, 4) is 0 Å². The predicted octanol–water partition coefficient (Wildman–Crippen LogP) is 1.95. The second-order valence-electron chi connectivity index (χ2n) is 7.95. The van der Waals surface area contributed by atoms with Crippen LogP contribution in [0.3, 0.4) is 0 Å². The number of carbonyl (C=O) groups is 5. The summed E-state index contributed by atoms with van der Waals surface area (Å²) in [5.41, 5.74) is 1.52. The average Bonchev–Trinajstić information content (AvgIpc) is 2.90. The second-order valence-corrected chi connectivity index (χ2v) is 7.95. The summed E-state index contributed by atoms with van der Waals surface area (Å²) in [6.45, 7) is 1.47. The lowest BCUT2D eigenvalue weighted by Gasteiger charge is -2.22. The Hall–Kier alpha value is -4.21.